The molecule has 26 heavy (non-hydrogen) atoms. The number of anilines is 2. The Labute approximate surface area is 155 Å². The molecule has 2 aliphatic rings. The Morgan fingerprint density at radius 3 is 2.65 bits per heavy atom. The van der Waals surface area contributed by atoms with Crippen LogP contribution in [0.2, 0.25) is 0 Å². The van der Waals surface area contributed by atoms with Gasteiger partial charge in [0.25, 0.3) is 0 Å². The molecule has 1 aromatic heterocycles. The summed E-state index contributed by atoms with van der Waals surface area (Å²) in [5.74, 6) is 0.428. The van der Waals surface area contributed by atoms with Gasteiger partial charge in [-0.1, -0.05) is 6.42 Å². The predicted molar refractivity (Wildman–Crippen MR) is 103 cm³/mol. The number of carbonyl (C=O) groups excluding carboxylic acids is 1. The molecule has 0 atom stereocenters. The SMILES string of the molecule is Nc1cnc(OCCN2CCCCC2)cc1N[C@H]1CC[C@H](C(N)=O)CC1. The molecule has 0 bridgehead atoms. The summed E-state index contributed by atoms with van der Waals surface area (Å²) in [6, 6.07) is 2.18. The lowest BCUT2D eigenvalue weighted by Gasteiger charge is -2.28. The molecule has 0 spiro atoms. The van der Waals surface area contributed by atoms with Gasteiger partial charge in [0.1, 0.15) is 6.61 Å². The second kappa shape index (κ2) is 9.07. The molecule has 1 saturated carbocycles. The molecule has 1 aliphatic heterocycles. The third kappa shape index (κ3) is 5.24. The number of pyridine rings is 1. The van der Waals surface area contributed by atoms with Gasteiger partial charge in [-0.15, -0.1) is 0 Å². The second-order valence-electron chi connectivity index (χ2n) is 7.46. The van der Waals surface area contributed by atoms with Crippen molar-refractivity contribution in [3.63, 3.8) is 0 Å². The molecule has 1 amide bonds. The molecule has 144 valence electrons. The number of carbonyl (C=O) groups is 1. The number of nitrogens with one attached hydrogen (secondary N) is 1. The topological polar surface area (TPSA) is 106 Å². The van der Waals surface area contributed by atoms with Crippen molar-refractivity contribution in [3.05, 3.63) is 12.3 Å². The minimum Gasteiger partial charge on any atom is -0.476 e. The Bertz CT molecular complexity index is 596. The average Bonchev–Trinajstić information content (AvgIpc) is 2.65. The van der Waals surface area contributed by atoms with Gasteiger partial charge in [-0.25, -0.2) is 4.98 Å². The first-order valence-electron chi connectivity index (χ1n) is 9.78. The quantitative estimate of drug-likeness (QED) is 0.686. The van der Waals surface area contributed by atoms with Crippen LogP contribution in [0.3, 0.4) is 0 Å². The van der Waals surface area contributed by atoms with Gasteiger partial charge in [0, 0.05) is 24.6 Å². The van der Waals surface area contributed by atoms with Crippen LogP contribution in [0, 0.1) is 5.92 Å². The first-order valence-corrected chi connectivity index (χ1v) is 9.78. The van der Waals surface area contributed by atoms with E-state index in [0.29, 0.717) is 24.2 Å². The number of piperidine rings is 1. The van der Waals surface area contributed by atoms with Crippen molar-refractivity contribution in [3.8, 4) is 5.88 Å². The van der Waals surface area contributed by atoms with Crippen molar-refractivity contribution in [1.29, 1.82) is 0 Å². The molecule has 2 heterocycles. The van der Waals surface area contributed by atoms with E-state index in [1.165, 1.54) is 32.4 Å². The van der Waals surface area contributed by atoms with Crippen LogP contribution in [0.1, 0.15) is 44.9 Å². The van der Waals surface area contributed by atoms with E-state index in [1.807, 2.05) is 6.07 Å². The van der Waals surface area contributed by atoms with Crippen molar-refractivity contribution < 1.29 is 9.53 Å². The fourth-order valence-electron chi connectivity index (χ4n) is 3.86. The normalized spacial score (nSPS) is 24.2. The summed E-state index contributed by atoms with van der Waals surface area (Å²) < 4.78 is 5.83. The molecule has 2 fully saturated rings. The van der Waals surface area contributed by atoms with Gasteiger partial charge in [0.05, 0.1) is 17.6 Å². The number of hydrogen-bond acceptors (Lipinski definition) is 6. The van der Waals surface area contributed by atoms with Crippen LogP contribution in [0.5, 0.6) is 5.88 Å². The Morgan fingerprint density at radius 1 is 1.23 bits per heavy atom. The van der Waals surface area contributed by atoms with Gasteiger partial charge in [-0.2, -0.15) is 0 Å². The largest absolute Gasteiger partial charge is 0.476 e. The van der Waals surface area contributed by atoms with E-state index in [4.69, 9.17) is 16.2 Å². The molecule has 7 heteroatoms. The number of nitrogen functional groups attached to an aromatic ring is 1. The third-order valence-electron chi connectivity index (χ3n) is 5.51. The first-order chi connectivity index (χ1) is 12.6. The predicted octanol–water partition coefficient (Wildman–Crippen LogP) is 1.98. The highest BCUT2D eigenvalue weighted by Crippen LogP contribution is 2.29. The summed E-state index contributed by atoms with van der Waals surface area (Å²) in [7, 11) is 0. The fourth-order valence-corrected chi connectivity index (χ4v) is 3.86. The van der Waals surface area contributed by atoms with Gasteiger partial charge >= 0.3 is 0 Å². The number of amides is 1. The van der Waals surface area contributed by atoms with Crippen LogP contribution in [0.25, 0.3) is 0 Å². The number of nitrogens with zero attached hydrogens (tertiary/aromatic N) is 2. The summed E-state index contributed by atoms with van der Waals surface area (Å²) in [4.78, 5) is 18.0. The Balaban J connectivity index is 1.48. The van der Waals surface area contributed by atoms with Crippen molar-refractivity contribution >= 4 is 17.3 Å². The Kier molecular flexibility index (Phi) is 6.55. The van der Waals surface area contributed by atoms with Crippen LogP contribution in [0.15, 0.2) is 12.3 Å². The third-order valence-corrected chi connectivity index (χ3v) is 5.51. The van der Waals surface area contributed by atoms with E-state index in [2.05, 4.69) is 15.2 Å². The molecule has 0 unspecified atom stereocenters. The van der Waals surface area contributed by atoms with E-state index in [-0.39, 0.29) is 11.8 Å². The van der Waals surface area contributed by atoms with E-state index < -0.39 is 0 Å². The summed E-state index contributed by atoms with van der Waals surface area (Å²) >= 11 is 0. The first kappa shape index (κ1) is 18.8. The van der Waals surface area contributed by atoms with Gasteiger partial charge in [0.15, 0.2) is 0 Å². The molecular weight excluding hydrogens is 330 g/mol. The van der Waals surface area contributed by atoms with Gasteiger partial charge in [0.2, 0.25) is 11.8 Å². The monoisotopic (exact) mass is 361 g/mol. The minimum atomic E-state index is -0.184. The van der Waals surface area contributed by atoms with E-state index in [1.54, 1.807) is 6.20 Å². The lowest BCUT2D eigenvalue weighted by atomic mass is 9.85. The zero-order chi connectivity index (χ0) is 18.4. The molecule has 0 radical (unpaired) electrons. The zero-order valence-corrected chi connectivity index (χ0v) is 15.5. The highest BCUT2D eigenvalue weighted by molar-refractivity contribution is 5.76. The van der Waals surface area contributed by atoms with Gasteiger partial charge < -0.3 is 21.5 Å². The summed E-state index contributed by atoms with van der Waals surface area (Å²) in [6.07, 6.45) is 9.05. The smallest absolute Gasteiger partial charge is 0.220 e. The van der Waals surface area contributed by atoms with E-state index in [9.17, 15) is 4.79 Å². The number of primary amides is 1. The highest BCUT2D eigenvalue weighted by atomic mass is 16.5. The zero-order valence-electron chi connectivity index (χ0n) is 15.5. The number of ether oxygens (including phenoxy) is 1. The summed E-state index contributed by atoms with van der Waals surface area (Å²) in [5, 5.41) is 3.48. The molecule has 7 nitrogen and oxygen atoms in total. The maximum absolute atomic E-state index is 11.3. The molecule has 5 N–H and O–H groups in total. The van der Waals surface area contributed by atoms with Crippen LogP contribution < -0.4 is 21.5 Å². The number of likely N-dealkylation sites (tertiary alicyclic amines) is 1. The number of rotatable bonds is 7. The highest BCUT2D eigenvalue weighted by Gasteiger charge is 2.25. The standard InChI is InChI=1S/C19H31N5O2/c20-16-13-22-18(26-11-10-24-8-2-1-3-9-24)12-17(16)23-15-6-4-14(5-7-15)19(21)25/h12-15H,1-11,20H2,(H2,21,25)(H,22,23)/t14-,15-. The average molecular weight is 361 g/mol. The summed E-state index contributed by atoms with van der Waals surface area (Å²) in [6.45, 7) is 3.91. The second-order valence-corrected chi connectivity index (χ2v) is 7.46. The molecule has 1 aromatic rings. The number of aromatic nitrogens is 1. The Hall–Kier alpha value is -2.02. The number of hydrogen-bond donors (Lipinski definition) is 3. The Morgan fingerprint density at radius 2 is 1.96 bits per heavy atom. The molecule has 3 rings (SSSR count). The van der Waals surface area contributed by atoms with Crippen molar-refractivity contribution in [2.24, 2.45) is 11.7 Å². The number of nitrogens with two attached hydrogens (primary N) is 2. The van der Waals surface area contributed by atoms with Gasteiger partial charge in [-0.05, 0) is 51.6 Å². The molecular formula is C19H31N5O2. The van der Waals surface area contributed by atoms with Crippen LogP contribution in [-0.2, 0) is 4.79 Å². The lowest BCUT2D eigenvalue weighted by Crippen LogP contribution is -2.33. The molecule has 0 aromatic carbocycles. The van der Waals surface area contributed by atoms with Crippen molar-refractivity contribution in [1.82, 2.24) is 9.88 Å². The van der Waals surface area contributed by atoms with Crippen molar-refractivity contribution in [2.75, 3.05) is 37.3 Å². The summed E-state index contributed by atoms with van der Waals surface area (Å²) in [5.41, 5.74) is 12.9. The van der Waals surface area contributed by atoms with Crippen LogP contribution >= 0.6 is 0 Å². The van der Waals surface area contributed by atoms with Crippen LogP contribution in [-0.4, -0.2) is 48.1 Å². The maximum atomic E-state index is 11.3. The molecule has 1 aliphatic carbocycles. The minimum absolute atomic E-state index is 0.0107. The maximum Gasteiger partial charge on any atom is 0.220 e. The van der Waals surface area contributed by atoms with Gasteiger partial charge in [-0.3, -0.25) is 9.69 Å². The molecule has 1 saturated heterocycles. The van der Waals surface area contributed by atoms with E-state index in [0.717, 1.165) is 37.9 Å². The van der Waals surface area contributed by atoms with E-state index >= 15 is 0 Å². The lowest BCUT2D eigenvalue weighted by molar-refractivity contribution is -0.122. The fraction of sp³-hybridized carbons (Fsp3) is 0.684. The van der Waals surface area contributed by atoms with Crippen LogP contribution in [0.4, 0.5) is 11.4 Å². The van der Waals surface area contributed by atoms with Crippen molar-refractivity contribution in [2.45, 2.75) is 51.0 Å².